The van der Waals surface area contributed by atoms with Crippen molar-refractivity contribution in [3.63, 3.8) is 0 Å². The monoisotopic (exact) mass is 317 g/mol. The van der Waals surface area contributed by atoms with E-state index in [9.17, 15) is 13.2 Å². The van der Waals surface area contributed by atoms with Gasteiger partial charge in [-0.15, -0.1) is 0 Å². The molecule has 0 saturated heterocycles. The molecule has 17 heavy (non-hydrogen) atoms. The molecule has 0 radical (unpaired) electrons. The molecular formula is C11H12BrNO3S. The summed E-state index contributed by atoms with van der Waals surface area (Å²) in [6, 6.07) is 5.72. The van der Waals surface area contributed by atoms with Crippen LogP contribution in [-0.2, 0) is 21.2 Å². The third kappa shape index (κ3) is 2.87. The quantitative estimate of drug-likeness (QED) is 0.900. The van der Waals surface area contributed by atoms with Gasteiger partial charge in [0.1, 0.15) is 0 Å². The van der Waals surface area contributed by atoms with E-state index in [0.29, 0.717) is 6.42 Å². The van der Waals surface area contributed by atoms with Crippen molar-refractivity contribution in [3.05, 3.63) is 33.8 Å². The Labute approximate surface area is 109 Å². The zero-order valence-corrected chi connectivity index (χ0v) is 11.6. The fourth-order valence-corrected chi connectivity index (χ4v) is 3.03. The molecule has 0 aromatic heterocycles. The first-order valence-corrected chi connectivity index (χ1v) is 7.85. The number of hydrogen-bond acceptors (Lipinski definition) is 3. The summed E-state index contributed by atoms with van der Waals surface area (Å²) in [7, 11) is -3.48. The van der Waals surface area contributed by atoms with Crippen LogP contribution in [0.3, 0.4) is 0 Å². The Morgan fingerprint density at radius 3 is 2.82 bits per heavy atom. The number of benzene rings is 1. The van der Waals surface area contributed by atoms with E-state index < -0.39 is 15.9 Å². The van der Waals surface area contributed by atoms with Gasteiger partial charge in [-0.25, -0.2) is 8.42 Å². The molecule has 1 aliphatic carbocycles. The van der Waals surface area contributed by atoms with E-state index >= 15 is 0 Å². The zero-order chi connectivity index (χ0) is 12.6. The van der Waals surface area contributed by atoms with Crippen molar-refractivity contribution in [2.45, 2.75) is 18.8 Å². The molecule has 2 rings (SSSR count). The van der Waals surface area contributed by atoms with E-state index in [1.807, 2.05) is 22.9 Å². The molecule has 0 heterocycles. The number of amides is 1. The second-order valence-corrected chi connectivity index (χ2v) is 6.84. The average Bonchev–Trinajstić information content (AvgIpc) is 2.57. The summed E-state index contributed by atoms with van der Waals surface area (Å²) < 4.78 is 25.1. The normalized spacial score (nSPS) is 18.8. The largest absolute Gasteiger partial charge is 0.273 e. The summed E-state index contributed by atoms with van der Waals surface area (Å²) in [5, 5.41) is 0. The van der Waals surface area contributed by atoms with Crippen molar-refractivity contribution in [3.8, 4) is 0 Å². The highest BCUT2D eigenvalue weighted by molar-refractivity contribution is 9.10. The molecule has 6 heteroatoms. The minimum atomic E-state index is -3.48. The smallest absolute Gasteiger partial charge is 0.240 e. The van der Waals surface area contributed by atoms with Gasteiger partial charge in [-0.05, 0) is 36.1 Å². The van der Waals surface area contributed by atoms with Gasteiger partial charge in [-0.3, -0.25) is 9.52 Å². The number of rotatable bonds is 2. The molecule has 1 unspecified atom stereocenters. The third-order valence-electron chi connectivity index (χ3n) is 2.79. The van der Waals surface area contributed by atoms with E-state index in [0.717, 1.165) is 28.3 Å². The van der Waals surface area contributed by atoms with Crippen molar-refractivity contribution in [1.82, 2.24) is 4.72 Å². The van der Waals surface area contributed by atoms with Crippen LogP contribution in [0.25, 0.3) is 0 Å². The number of fused-ring (bicyclic) bond motifs is 1. The van der Waals surface area contributed by atoms with Crippen molar-refractivity contribution < 1.29 is 13.2 Å². The van der Waals surface area contributed by atoms with Gasteiger partial charge in [-0.1, -0.05) is 22.0 Å². The first kappa shape index (κ1) is 12.6. The highest BCUT2D eigenvalue weighted by Crippen LogP contribution is 2.34. The first-order valence-electron chi connectivity index (χ1n) is 5.17. The summed E-state index contributed by atoms with van der Waals surface area (Å²) in [6.07, 6.45) is 2.45. The summed E-state index contributed by atoms with van der Waals surface area (Å²) in [4.78, 5) is 11.8. The van der Waals surface area contributed by atoms with Crippen molar-refractivity contribution in [1.29, 1.82) is 0 Å². The van der Waals surface area contributed by atoms with Crippen molar-refractivity contribution in [2.75, 3.05) is 6.26 Å². The number of carbonyl (C=O) groups excluding carboxylic acids is 1. The fourth-order valence-electron chi connectivity index (χ4n) is 2.11. The Balaban J connectivity index is 2.25. The molecule has 92 valence electrons. The maximum atomic E-state index is 11.8. The molecule has 0 bridgehead atoms. The van der Waals surface area contributed by atoms with E-state index in [1.165, 1.54) is 0 Å². The Kier molecular flexibility index (Phi) is 3.27. The Morgan fingerprint density at radius 1 is 1.47 bits per heavy atom. The Bertz CT molecular complexity index is 568. The predicted molar refractivity (Wildman–Crippen MR) is 68.2 cm³/mol. The van der Waals surface area contributed by atoms with Gasteiger partial charge in [0.25, 0.3) is 0 Å². The molecule has 1 aromatic carbocycles. The standard InChI is InChI=1S/C11H12BrNO3S/c1-17(15,16)13-11(14)10-4-2-7-6-8(12)3-5-9(7)10/h3,5-6,10H,2,4H2,1H3,(H,13,14). The second kappa shape index (κ2) is 4.42. The van der Waals surface area contributed by atoms with Crippen LogP contribution in [-0.4, -0.2) is 20.6 Å². The minimum Gasteiger partial charge on any atom is -0.273 e. The van der Waals surface area contributed by atoms with E-state index in [-0.39, 0.29) is 5.92 Å². The maximum absolute atomic E-state index is 11.8. The lowest BCUT2D eigenvalue weighted by Crippen LogP contribution is -2.33. The van der Waals surface area contributed by atoms with Crippen LogP contribution < -0.4 is 4.72 Å². The maximum Gasteiger partial charge on any atom is 0.240 e. The Hall–Kier alpha value is -0.880. The molecule has 1 N–H and O–H groups in total. The SMILES string of the molecule is CS(=O)(=O)NC(=O)C1CCc2cc(Br)ccc21. The summed E-state index contributed by atoms with van der Waals surface area (Å²) in [6.45, 7) is 0. The molecule has 0 fully saturated rings. The molecule has 1 amide bonds. The highest BCUT2D eigenvalue weighted by atomic mass is 79.9. The van der Waals surface area contributed by atoms with Gasteiger partial charge >= 0.3 is 0 Å². The van der Waals surface area contributed by atoms with Crippen LogP contribution in [0.2, 0.25) is 0 Å². The van der Waals surface area contributed by atoms with Gasteiger partial charge < -0.3 is 0 Å². The van der Waals surface area contributed by atoms with Crippen molar-refractivity contribution in [2.24, 2.45) is 0 Å². The Morgan fingerprint density at radius 2 is 2.18 bits per heavy atom. The van der Waals surface area contributed by atoms with Crippen LogP contribution in [0.15, 0.2) is 22.7 Å². The number of sulfonamides is 1. The van der Waals surface area contributed by atoms with Gasteiger partial charge in [-0.2, -0.15) is 0 Å². The molecule has 1 aliphatic rings. The van der Waals surface area contributed by atoms with E-state index in [1.54, 1.807) is 0 Å². The van der Waals surface area contributed by atoms with Crippen LogP contribution >= 0.6 is 15.9 Å². The van der Waals surface area contributed by atoms with Crippen molar-refractivity contribution >= 4 is 31.9 Å². The summed E-state index contributed by atoms with van der Waals surface area (Å²) >= 11 is 3.37. The molecule has 0 spiro atoms. The molecule has 1 atom stereocenters. The number of carbonyl (C=O) groups is 1. The lowest BCUT2D eigenvalue weighted by atomic mass is 10.0. The lowest BCUT2D eigenvalue weighted by Gasteiger charge is -2.10. The summed E-state index contributed by atoms with van der Waals surface area (Å²) in [5.41, 5.74) is 2.03. The topological polar surface area (TPSA) is 63.2 Å². The first-order chi connectivity index (χ1) is 7.87. The van der Waals surface area contributed by atoms with E-state index in [2.05, 4.69) is 15.9 Å². The second-order valence-electron chi connectivity index (χ2n) is 4.17. The predicted octanol–water partition coefficient (Wildman–Crippen LogP) is 1.55. The average molecular weight is 318 g/mol. The minimum absolute atomic E-state index is 0.354. The van der Waals surface area contributed by atoms with E-state index in [4.69, 9.17) is 0 Å². The molecular weight excluding hydrogens is 306 g/mol. The zero-order valence-electron chi connectivity index (χ0n) is 9.23. The fraction of sp³-hybridized carbons (Fsp3) is 0.364. The van der Waals surface area contributed by atoms with Gasteiger partial charge in [0, 0.05) is 4.47 Å². The molecule has 0 aliphatic heterocycles. The number of aryl methyl sites for hydroxylation is 1. The van der Waals surface area contributed by atoms with Crippen LogP contribution in [0.1, 0.15) is 23.5 Å². The third-order valence-corrected chi connectivity index (χ3v) is 3.85. The van der Waals surface area contributed by atoms with Crippen LogP contribution in [0, 0.1) is 0 Å². The summed E-state index contributed by atoms with van der Waals surface area (Å²) in [5.74, 6) is -0.790. The van der Waals surface area contributed by atoms with Crippen LogP contribution in [0.5, 0.6) is 0 Å². The number of nitrogens with one attached hydrogen (secondary N) is 1. The number of halogens is 1. The molecule has 0 saturated carbocycles. The molecule has 4 nitrogen and oxygen atoms in total. The lowest BCUT2D eigenvalue weighted by molar-refractivity contribution is -0.120. The number of hydrogen-bond donors (Lipinski definition) is 1. The van der Waals surface area contributed by atoms with Gasteiger partial charge in [0.05, 0.1) is 12.2 Å². The molecule has 1 aromatic rings. The van der Waals surface area contributed by atoms with Crippen LogP contribution in [0.4, 0.5) is 0 Å². The van der Waals surface area contributed by atoms with Gasteiger partial charge in [0.2, 0.25) is 15.9 Å². The van der Waals surface area contributed by atoms with Gasteiger partial charge in [0.15, 0.2) is 0 Å². The highest BCUT2D eigenvalue weighted by Gasteiger charge is 2.29.